The molecule has 0 unspecified atom stereocenters. The lowest BCUT2D eigenvalue weighted by atomic mass is 10.0. The van der Waals surface area contributed by atoms with Gasteiger partial charge < -0.3 is 9.97 Å². The van der Waals surface area contributed by atoms with Crippen LogP contribution in [0.15, 0.2) is 65.8 Å². The van der Waals surface area contributed by atoms with Crippen molar-refractivity contribution < 1.29 is 0 Å². The minimum Gasteiger partial charge on any atom is -0.336 e. The van der Waals surface area contributed by atoms with Gasteiger partial charge in [0.15, 0.2) is 5.82 Å². The summed E-state index contributed by atoms with van der Waals surface area (Å²) in [5.74, 6) is 0.645. The normalized spacial score (nSPS) is 11.2. The van der Waals surface area contributed by atoms with Crippen LogP contribution in [0.1, 0.15) is 5.56 Å². The molecule has 5 aromatic rings. The summed E-state index contributed by atoms with van der Waals surface area (Å²) in [6, 6.07) is 14.1. The van der Waals surface area contributed by atoms with Gasteiger partial charge >= 0.3 is 5.69 Å². The zero-order valence-corrected chi connectivity index (χ0v) is 16.0. The molecule has 0 radical (unpaired) electrons. The van der Waals surface area contributed by atoms with Crippen molar-refractivity contribution in [2.75, 3.05) is 0 Å². The molecule has 7 heteroatoms. The molecule has 142 valence electrons. The average Bonchev–Trinajstić information content (AvgIpc) is 3.30. The third-order valence-corrected chi connectivity index (χ3v) is 4.99. The fourth-order valence-electron chi connectivity index (χ4n) is 3.52. The van der Waals surface area contributed by atoms with Gasteiger partial charge in [-0.05, 0) is 25.1 Å². The maximum Gasteiger partial charge on any atom is 0.326 e. The summed E-state index contributed by atoms with van der Waals surface area (Å²) < 4.78 is 1.60. The van der Waals surface area contributed by atoms with Crippen molar-refractivity contribution in [1.82, 2.24) is 29.5 Å². The zero-order valence-electron chi connectivity index (χ0n) is 16.0. The van der Waals surface area contributed by atoms with Crippen molar-refractivity contribution in [3.8, 4) is 34.0 Å². The van der Waals surface area contributed by atoms with E-state index in [9.17, 15) is 4.79 Å². The molecule has 0 aliphatic heterocycles. The summed E-state index contributed by atoms with van der Waals surface area (Å²) in [5.41, 5.74) is 6.94. The number of nitrogens with one attached hydrogen (secondary N) is 2. The van der Waals surface area contributed by atoms with E-state index in [4.69, 9.17) is 4.98 Å². The number of rotatable bonds is 3. The van der Waals surface area contributed by atoms with E-state index in [1.165, 1.54) is 0 Å². The van der Waals surface area contributed by atoms with Gasteiger partial charge in [-0.1, -0.05) is 29.8 Å². The van der Waals surface area contributed by atoms with E-state index in [0.717, 1.165) is 39.1 Å². The zero-order chi connectivity index (χ0) is 20.0. The van der Waals surface area contributed by atoms with E-state index >= 15 is 0 Å². The summed E-state index contributed by atoms with van der Waals surface area (Å²) >= 11 is 0. The number of imidazole rings is 2. The average molecular weight is 382 g/mol. The summed E-state index contributed by atoms with van der Waals surface area (Å²) in [6.07, 6.45) is 4.96. The van der Waals surface area contributed by atoms with E-state index in [2.05, 4.69) is 39.0 Å². The molecule has 0 aliphatic carbocycles. The fraction of sp³-hybridized carbons (Fsp3) is 0.0909. The highest BCUT2D eigenvalue weighted by Gasteiger charge is 2.17. The molecule has 0 bridgehead atoms. The van der Waals surface area contributed by atoms with Gasteiger partial charge in [0.2, 0.25) is 0 Å². The Morgan fingerprint density at radius 3 is 2.69 bits per heavy atom. The third-order valence-electron chi connectivity index (χ3n) is 4.99. The number of aromatic nitrogens is 6. The minimum absolute atomic E-state index is 0.138. The number of benzene rings is 2. The topological polar surface area (TPSA) is 92.2 Å². The van der Waals surface area contributed by atoms with E-state index in [-0.39, 0.29) is 5.69 Å². The van der Waals surface area contributed by atoms with E-state index in [1.54, 1.807) is 30.2 Å². The summed E-state index contributed by atoms with van der Waals surface area (Å²) in [6.45, 7) is 2.06. The van der Waals surface area contributed by atoms with E-state index < -0.39 is 0 Å². The summed E-state index contributed by atoms with van der Waals surface area (Å²) in [4.78, 5) is 31.6. The SMILES string of the molecule is Cc1cccc(-c2nc(-c3cnccn3)[nH]c2-c2ccc3c(c2)[nH]c(=O)n3C)c1. The lowest BCUT2D eigenvalue weighted by molar-refractivity contribution is 0.891. The first-order valence-corrected chi connectivity index (χ1v) is 9.23. The second-order valence-corrected chi connectivity index (χ2v) is 6.99. The number of aryl methyl sites for hydroxylation is 2. The standard InChI is InChI=1S/C22H18N6O/c1-13-4-3-5-14(10-13)19-20(27-21(26-19)17-12-23-8-9-24-17)15-6-7-18-16(11-15)25-22(29)28(18)2/h3-12H,1-2H3,(H,25,29)(H,26,27). The molecule has 5 rings (SSSR count). The molecule has 0 amide bonds. The Morgan fingerprint density at radius 1 is 1.00 bits per heavy atom. The van der Waals surface area contributed by atoms with Gasteiger partial charge in [0, 0.05) is 30.6 Å². The Morgan fingerprint density at radius 2 is 1.90 bits per heavy atom. The van der Waals surface area contributed by atoms with Crippen molar-refractivity contribution in [1.29, 1.82) is 0 Å². The smallest absolute Gasteiger partial charge is 0.326 e. The molecule has 2 N–H and O–H groups in total. The van der Waals surface area contributed by atoms with Crippen LogP contribution >= 0.6 is 0 Å². The quantitative estimate of drug-likeness (QED) is 0.498. The van der Waals surface area contributed by atoms with Crippen LogP contribution in [0.5, 0.6) is 0 Å². The summed E-state index contributed by atoms with van der Waals surface area (Å²) in [5, 5.41) is 0. The van der Waals surface area contributed by atoms with Crippen molar-refractivity contribution in [2.24, 2.45) is 7.05 Å². The highest BCUT2D eigenvalue weighted by molar-refractivity contribution is 5.87. The monoisotopic (exact) mass is 382 g/mol. The van der Waals surface area contributed by atoms with Gasteiger partial charge in [0.25, 0.3) is 0 Å². The Hall–Kier alpha value is -4.00. The first-order chi connectivity index (χ1) is 14.1. The van der Waals surface area contributed by atoms with Crippen molar-refractivity contribution in [3.63, 3.8) is 0 Å². The number of nitrogens with zero attached hydrogens (tertiary/aromatic N) is 4. The van der Waals surface area contributed by atoms with Gasteiger partial charge in [0.05, 0.1) is 28.6 Å². The third kappa shape index (κ3) is 2.93. The summed E-state index contributed by atoms with van der Waals surface area (Å²) in [7, 11) is 1.75. The van der Waals surface area contributed by atoms with Crippen LogP contribution in [0.25, 0.3) is 45.1 Å². The van der Waals surface area contributed by atoms with E-state index in [0.29, 0.717) is 11.5 Å². The van der Waals surface area contributed by atoms with Crippen LogP contribution in [-0.2, 0) is 7.05 Å². The Labute approximate surface area is 166 Å². The van der Waals surface area contributed by atoms with Gasteiger partial charge in [-0.25, -0.2) is 14.8 Å². The van der Waals surface area contributed by atoms with Crippen molar-refractivity contribution >= 4 is 11.0 Å². The van der Waals surface area contributed by atoms with Crippen LogP contribution in [0.2, 0.25) is 0 Å². The number of H-pyrrole nitrogens is 2. The van der Waals surface area contributed by atoms with Gasteiger partial charge in [0.1, 0.15) is 5.69 Å². The van der Waals surface area contributed by atoms with Gasteiger partial charge in [-0.2, -0.15) is 0 Å². The molecule has 0 saturated carbocycles. The molecule has 3 aromatic heterocycles. The molecule has 0 aliphatic rings. The van der Waals surface area contributed by atoms with Crippen molar-refractivity contribution in [2.45, 2.75) is 6.92 Å². The van der Waals surface area contributed by atoms with E-state index in [1.807, 2.05) is 30.3 Å². The molecule has 2 aromatic carbocycles. The number of aromatic amines is 2. The lowest BCUT2D eigenvalue weighted by Gasteiger charge is -2.05. The predicted molar refractivity (Wildman–Crippen MR) is 112 cm³/mol. The molecule has 7 nitrogen and oxygen atoms in total. The Balaban J connectivity index is 1.74. The predicted octanol–water partition coefficient (Wildman–Crippen LogP) is 3.69. The number of fused-ring (bicyclic) bond motifs is 1. The largest absolute Gasteiger partial charge is 0.336 e. The second kappa shape index (κ2) is 6.56. The van der Waals surface area contributed by atoms with Crippen LogP contribution < -0.4 is 5.69 Å². The molecule has 0 spiro atoms. The molecular formula is C22H18N6O. The molecule has 0 fully saturated rings. The lowest BCUT2D eigenvalue weighted by Crippen LogP contribution is -2.11. The van der Waals surface area contributed by atoms with Crippen LogP contribution in [0, 0.1) is 6.92 Å². The second-order valence-electron chi connectivity index (χ2n) is 6.99. The Bertz CT molecular complexity index is 1390. The van der Waals surface area contributed by atoms with Gasteiger partial charge in [-0.3, -0.25) is 9.55 Å². The first kappa shape index (κ1) is 17.1. The fourth-order valence-corrected chi connectivity index (χ4v) is 3.52. The van der Waals surface area contributed by atoms with Crippen LogP contribution in [-0.4, -0.2) is 29.5 Å². The van der Waals surface area contributed by atoms with Crippen LogP contribution in [0.3, 0.4) is 0 Å². The highest BCUT2D eigenvalue weighted by Crippen LogP contribution is 2.33. The highest BCUT2D eigenvalue weighted by atomic mass is 16.1. The minimum atomic E-state index is -0.138. The van der Waals surface area contributed by atoms with Crippen LogP contribution in [0.4, 0.5) is 0 Å². The maximum absolute atomic E-state index is 12.0. The number of hydrogen-bond acceptors (Lipinski definition) is 4. The Kier molecular flexibility index (Phi) is 3.87. The molecule has 29 heavy (non-hydrogen) atoms. The first-order valence-electron chi connectivity index (χ1n) is 9.23. The molecule has 3 heterocycles. The molecule has 0 saturated heterocycles. The molecule has 0 atom stereocenters. The number of hydrogen-bond donors (Lipinski definition) is 2. The maximum atomic E-state index is 12.0. The van der Waals surface area contributed by atoms with Gasteiger partial charge in [-0.15, -0.1) is 0 Å². The van der Waals surface area contributed by atoms with Crippen molar-refractivity contribution in [3.05, 3.63) is 77.1 Å². The molecular weight excluding hydrogens is 364 g/mol.